The Morgan fingerprint density at radius 2 is 1.93 bits per heavy atom. The van der Waals surface area contributed by atoms with Crippen molar-refractivity contribution in [3.8, 4) is 0 Å². The van der Waals surface area contributed by atoms with Gasteiger partial charge in [0.1, 0.15) is 0 Å². The third-order valence-electron chi connectivity index (χ3n) is 1.03. The Hall–Kier alpha value is 0.0931. The fourth-order valence-corrected chi connectivity index (χ4v) is 0.581. The van der Waals surface area contributed by atoms with E-state index in [1.165, 1.54) is 24.2 Å². The van der Waals surface area contributed by atoms with E-state index >= 15 is 0 Å². The summed E-state index contributed by atoms with van der Waals surface area (Å²) in [5.74, 6) is 0. The molecule has 0 fully saturated rings. The van der Waals surface area contributed by atoms with Gasteiger partial charge in [-0.1, -0.05) is 0 Å². The van der Waals surface area contributed by atoms with Gasteiger partial charge in [0.25, 0.3) is 0 Å². The van der Waals surface area contributed by atoms with E-state index in [-0.39, 0.29) is 32.2 Å². The third-order valence-corrected chi connectivity index (χ3v) is 1.03. The SMILES string of the molecule is Cl.Cl.[C-]1=CC=CC1.[CH2]=[Zr].[CH3-].[c-]1ccc[nH]1. The molecule has 0 amide bonds. The molecular weight excluding hydrogens is 308 g/mol. The van der Waals surface area contributed by atoms with Crippen LogP contribution in [0.2, 0.25) is 0 Å². The van der Waals surface area contributed by atoms with Gasteiger partial charge in [-0.05, 0) is 0 Å². The van der Waals surface area contributed by atoms with Gasteiger partial charge in [-0.15, -0.1) is 37.4 Å². The summed E-state index contributed by atoms with van der Waals surface area (Å²) in [6.45, 7) is 0. The molecule has 1 nitrogen and oxygen atoms in total. The molecular formula is C11H16Cl2NZr-3. The largest absolute Gasteiger partial charge is 0.484 e. The van der Waals surface area contributed by atoms with Crippen LogP contribution in [0, 0.1) is 19.7 Å². The summed E-state index contributed by atoms with van der Waals surface area (Å²) in [5.41, 5.74) is 0. The van der Waals surface area contributed by atoms with E-state index in [0.29, 0.717) is 0 Å². The molecule has 0 spiro atoms. The van der Waals surface area contributed by atoms with Crippen molar-refractivity contribution >= 4 is 29.0 Å². The van der Waals surface area contributed by atoms with Gasteiger partial charge >= 0.3 is 28.4 Å². The minimum Gasteiger partial charge on any atom is -0.484 e. The maximum atomic E-state index is 3.34. The first-order valence-corrected chi connectivity index (χ1v) is 5.30. The molecule has 1 heterocycles. The zero-order chi connectivity index (χ0) is 9.07. The molecule has 0 radical (unpaired) electrons. The Kier molecular flexibility index (Phi) is 38.5. The van der Waals surface area contributed by atoms with Crippen LogP contribution in [0.4, 0.5) is 0 Å². The second kappa shape index (κ2) is 23.7. The smallest absolute Gasteiger partial charge is 0.108 e. The van der Waals surface area contributed by atoms with Crippen LogP contribution >= 0.6 is 24.8 Å². The van der Waals surface area contributed by atoms with Gasteiger partial charge in [-0.3, -0.25) is 6.08 Å². The molecule has 0 aromatic carbocycles. The predicted octanol–water partition coefficient (Wildman–Crippen LogP) is 3.38. The van der Waals surface area contributed by atoms with E-state index in [0.717, 1.165) is 6.42 Å². The molecule has 1 aliphatic rings. The summed E-state index contributed by atoms with van der Waals surface area (Å²) in [4.78, 5) is 2.74. The molecule has 1 N–H and O–H groups in total. The second-order valence-electron chi connectivity index (χ2n) is 1.82. The number of aromatic amines is 1. The van der Waals surface area contributed by atoms with E-state index in [4.69, 9.17) is 0 Å². The second-order valence-corrected chi connectivity index (χ2v) is 1.82. The number of hydrogen-bond acceptors (Lipinski definition) is 0. The van der Waals surface area contributed by atoms with Gasteiger partial charge in [0.05, 0.1) is 0 Å². The van der Waals surface area contributed by atoms with Gasteiger partial charge in [0.15, 0.2) is 0 Å². The molecule has 4 heteroatoms. The monoisotopic (exact) mass is 322 g/mol. The minimum absolute atomic E-state index is 0. The quantitative estimate of drug-likeness (QED) is 0.704. The normalized spacial score (nSPS) is 8.73. The first-order valence-electron chi connectivity index (χ1n) is 3.56. The van der Waals surface area contributed by atoms with Crippen molar-refractivity contribution in [1.29, 1.82) is 0 Å². The van der Waals surface area contributed by atoms with Crippen molar-refractivity contribution < 1.29 is 24.2 Å². The van der Waals surface area contributed by atoms with Crippen molar-refractivity contribution in [1.82, 2.24) is 4.98 Å². The molecule has 0 aliphatic heterocycles. The number of aromatic nitrogens is 1. The molecule has 1 aromatic rings. The molecule has 1 aromatic heterocycles. The van der Waals surface area contributed by atoms with E-state index in [2.05, 4.69) is 27.5 Å². The average molecular weight is 324 g/mol. The number of H-pyrrole nitrogens is 1. The molecule has 15 heavy (non-hydrogen) atoms. The zero-order valence-electron chi connectivity index (χ0n) is 8.69. The molecule has 0 saturated carbocycles. The summed E-state index contributed by atoms with van der Waals surface area (Å²) < 4.78 is 3.34. The Morgan fingerprint density at radius 3 is 2.07 bits per heavy atom. The summed E-state index contributed by atoms with van der Waals surface area (Å²) in [6.07, 6.45) is 14.6. The van der Waals surface area contributed by atoms with Gasteiger partial charge in [-0.2, -0.15) is 24.4 Å². The topological polar surface area (TPSA) is 15.8 Å². The van der Waals surface area contributed by atoms with Crippen molar-refractivity contribution in [3.05, 3.63) is 56.3 Å². The van der Waals surface area contributed by atoms with E-state index in [1.54, 1.807) is 0 Å². The standard InChI is InChI=1S/C5H5.C4H4N.CH3.CH2.2ClH.Zr/c2*1-2-4-5-3-1;;;;;/h1-3H,4H2;1-3,5H;1H3;1H2;2*1H;/q3*-1;;;;. The van der Waals surface area contributed by atoms with Crippen LogP contribution in [-0.2, 0) is 24.2 Å². The van der Waals surface area contributed by atoms with Crippen LogP contribution in [0.3, 0.4) is 0 Å². The molecule has 0 unspecified atom stereocenters. The number of allylic oxidation sites excluding steroid dienone is 4. The van der Waals surface area contributed by atoms with Crippen LogP contribution in [0.5, 0.6) is 0 Å². The predicted molar refractivity (Wildman–Crippen MR) is 69.2 cm³/mol. The van der Waals surface area contributed by atoms with Crippen LogP contribution in [0.1, 0.15) is 6.42 Å². The van der Waals surface area contributed by atoms with Gasteiger partial charge in [0, 0.05) is 0 Å². The average Bonchev–Trinajstić information content (AvgIpc) is 2.87. The van der Waals surface area contributed by atoms with Gasteiger partial charge < -0.3 is 12.4 Å². The van der Waals surface area contributed by atoms with Gasteiger partial charge in [-0.25, -0.2) is 12.2 Å². The minimum atomic E-state index is 0. The van der Waals surface area contributed by atoms with Crippen LogP contribution in [0.25, 0.3) is 0 Å². The first-order chi connectivity index (χ1) is 6.00. The van der Waals surface area contributed by atoms with E-state index < -0.39 is 0 Å². The number of rotatable bonds is 0. The van der Waals surface area contributed by atoms with Crippen molar-refractivity contribution in [2.45, 2.75) is 6.42 Å². The molecule has 0 atom stereocenters. The molecule has 86 valence electrons. The van der Waals surface area contributed by atoms with Crippen LogP contribution in [0.15, 0.2) is 36.6 Å². The van der Waals surface area contributed by atoms with Crippen LogP contribution in [-0.4, -0.2) is 9.20 Å². The Morgan fingerprint density at radius 1 is 1.27 bits per heavy atom. The number of nitrogens with one attached hydrogen (secondary N) is 1. The maximum absolute atomic E-state index is 3.34. The Labute approximate surface area is 120 Å². The van der Waals surface area contributed by atoms with E-state index in [1.807, 2.05) is 30.5 Å². The number of hydrogen-bond donors (Lipinski definition) is 1. The Balaban J connectivity index is -0.0000000592. The fourth-order valence-electron chi connectivity index (χ4n) is 0.581. The van der Waals surface area contributed by atoms with Gasteiger partial charge in [0.2, 0.25) is 0 Å². The summed E-state index contributed by atoms with van der Waals surface area (Å²) in [7, 11) is 0. The van der Waals surface area contributed by atoms with Crippen molar-refractivity contribution in [2.75, 3.05) is 0 Å². The molecule has 2 rings (SSSR count). The third kappa shape index (κ3) is 20.2. The summed E-state index contributed by atoms with van der Waals surface area (Å²) in [5, 5.41) is 0. The molecule has 1 aliphatic carbocycles. The van der Waals surface area contributed by atoms with E-state index in [9.17, 15) is 0 Å². The Bertz CT molecular complexity index is 193. The summed E-state index contributed by atoms with van der Waals surface area (Å²) >= 11 is 1.30. The molecule has 0 saturated heterocycles. The maximum Gasteiger partial charge on any atom is -0.108 e. The fraction of sp³-hybridized carbons (Fsp3) is 0.0909. The zero-order valence-corrected chi connectivity index (χ0v) is 12.8. The van der Waals surface area contributed by atoms with Crippen LogP contribution < -0.4 is 0 Å². The van der Waals surface area contributed by atoms with Crippen molar-refractivity contribution in [3.63, 3.8) is 0 Å². The summed E-state index contributed by atoms with van der Waals surface area (Å²) in [6, 6.07) is 3.71. The van der Waals surface area contributed by atoms with Crippen molar-refractivity contribution in [2.24, 2.45) is 0 Å². The molecule has 0 bridgehead atoms. The first kappa shape index (κ1) is 24.4. The number of halogens is 2.